The summed E-state index contributed by atoms with van der Waals surface area (Å²) in [6, 6.07) is 1.29. The molecule has 8 unspecified atom stereocenters. The molecule has 0 fully saturated rings. The first-order valence-corrected chi connectivity index (χ1v) is 16.6. The van der Waals surface area contributed by atoms with Gasteiger partial charge in [0.15, 0.2) is 0 Å². The number of para-hydroxylation sites is 1. The number of H-pyrrole nitrogens is 1. The summed E-state index contributed by atoms with van der Waals surface area (Å²) < 4.78 is 0. The van der Waals surface area contributed by atoms with Crippen LogP contribution in [-0.2, 0) is 49.6 Å². The van der Waals surface area contributed by atoms with E-state index >= 15 is 0 Å². The van der Waals surface area contributed by atoms with E-state index in [1.165, 1.54) is 13.8 Å². The van der Waals surface area contributed by atoms with E-state index in [0.717, 1.165) is 16.5 Å². The van der Waals surface area contributed by atoms with E-state index in [1.807, 2.05) is 30.5 Å². The van der Waals surface area contributed by atoms with E-state index in [4.69, 9.17) is 81.0 Å². The van der Waals surface area contributed by atoms with Crippen LogP contribution >= 0.6 is 0 Å². The van der Waals surface area contributed by atoms with Gasteiger partial charge in [-0.3, -0.25) is 43.2 Å². The van der Waals surface area contributed by atoms with Crippen LogP contribution in [0, 0.1) is 0 Å². The average Bonchev–Trinajstić information content (AvgIpc) is 3.52. The van der Waals surface area contributed by atoms with Gasteiger partial charge >= 0.3 is 35.8 Å². The van der Waals surface area contributed by atoms with E-state index in [1.54, 1.807) is 0 Å². The largest absolute Gasteiger partial charge is 0.480 e. The Morgan fingerprint density at radius 3 is 1.15 bits per heavy atom. The number of hydrogen-bond donors (Lipinski definition) is 18. The molecule has 2 aromatic rings. The first-order valence-electron chi connectivity index (χ1n) is 16.6. The average molecular weight is 853 g/mol. The summed E-state index contributed by atoms with van der Waals surface area (Å²) in [5, 5.41) is 67.3. The summed E-state index contributed by atoms with van der Waals surface area (Å²) >= 11 is 0. The number of aromatic amines is 1. The van der Waals surface area contributed by atoms with E-state index in [0.29, 0.717) is 6.42 Å². The number of primary amides is 3. The number of nitrogens with one attached hydrogen (secondary N) is 1. The van der Waals surface area contributed by atoms with Crippen molar-refractivity contribution in [1.29, 1.82) is 0 Å². The molecule has 1 heterocycles. The number of aliphatic carboxylic acids is 6. The maximum atomic E-state index is 10.6. The van der Waals surface area contributed by atoms with Gasteiger partial charge in [-0.05, 0) is 31.9 Å². The highest BCUT2D eigenvalue weighted by atomic mass is 16.4. The van der Waals surface area contributed by atoms with Crippen molar-refractivity contribution in [3.8, 4) is 0 Å². The van der Waals surface area contributed by atoms with Crippen LogP contribution in [0.3, 0.4) is 0 Å². The second kappa shape index (κ2) is 31.7. The molecule has 0 spiro atoms. The maximum Gasteiger partial charge on any atom is 0.323 e. The zero-order valence-corrected chi connectivity index (χ0v) is 32.0. The lowest BCUT2D eigenvalue weighted by molar-refractivity contribution is -0.141. The number of carboxylic acids is 6. The van der Waals surface area contributed by atoms with Crippen molar-refractivity contribution in [1.82, 2.24) is 4.98 Å². The molecule has 3 amide bonds. The molecule has 0 saturated heterocycles. The van der Waals surface area contributed by atoms with Crippen molar-refractivity contribution >= 4 is 64.4 Å². The van der Waals surface area contributed by atoms with E-state index in [9.17, 15) is 43.2 Å². The van der Waals surface area contributed by atoms with Crippen LogP contribution in [0.4, 0.5) is 0 Å². The third-order valence-corrected chi connectivity index (χ3v) is 6.54. The molecule has 0 bridgehead atoms. The van der Waals surface area contributed by atoms with Crippen LogP contribution in [-0.4, -0.2) is 148 Å². The zero-order chi connectivity index (χ0) is 47.3. The van der Waals surface area contributed by atoms with Gasteiger partial charge in [-0.25, -0.2) is 0 Å². The minimum atomic E-state index is -1.21. The summed E-state index contributed by atoms with van der Waals surface area (Å²) in [7, 11) is 0. The number of rotatable bonds is 17. The van der Waals surface area contributed by atoms with Crippen LogP contribution < -0.4 is 51.6 Å². The van der Waals surface area contributed by atoms with Crippen molar-refractivity contribution in [2.75, 3.05) is 0 Å². The summed E-state index contributed by atoms with van der Waals surface area (Å²) in [6.07, 6.45) is -0.296. The third-order valence-electron chi connectivity index (χ3n) is 6.54. The fraction of sp³-hybridized carbons (Fsp3) is 0.469. The first kappa shape index (κ1) is 59.4. The Morgan fingerprint density at radius 1 is 0.542 bits per heavy atom. The number of aromatic nitrogens is 1. The Morgan fingerprint density at radius 2 is 0.898 bits per heavy atom. The first-order chi connectivity index (χ1) is 26.9. The molecular formula is C32H56N10O17. The molecule has 2 rings (SSSR count). The Kier molecular flexibility index (Phi) is 31.9. The number of aliphatic hydroxyl groups excluding tert-OH is 2. The molecule has 0 saturated carbocycles. The van der Waals surface area contributed by atoms with Crippen molar-refractivity contribution in [2.24, 2.45) is 51.6 Å². The van der Waals surface area contributed by atoms with Gasteiger partial charge in [0.2, 0.25) is 17.7 Å². The molecule has 0 aliphatic heterocycles. The topological polar surface area (TPSA) is 565 Å². The van der Waals surface area contributed by atoms with E-state index < -0.39 is 102 Å². The van der Waals surface area contributed by atoms with Crippen molar-refractivity contribution in [3.05, 3.63) is 36.0 Å². The molecule has 27 N–H and O–H groups in total. The standard InChI is InChI=1S/C11H12N2O2.C5H10N2O3.2C4H8N2O3.2C4H9NO3/c12-9(11(14)15)5-7-6-13-10-4-2-1-3-8(7)10;6-3(5(9)10)1-2-4(7)8;2*5-2(4(8)9)1-3(6)7;2*1-2(6)3(5)4(7)8/h1-4,6,9,13H,5,12H2,(H,14,15);3H,1-2,6H2,(H2,7,8)(H,9,10);2*2H,1,5H2,(H2,6,7)(H,8,9);2*2-3,6H,5H2,1H3,(H,7,8). The van der Waals surface area contributed by atoms with Gasteiger partial charge < -0.3 is 97.4 Å². The predicted molar refractivity (Wildman–Crippen MR) is 205 cm³/mol. The lowest BCUT2D eigenvalue weighted by atomic mass is 10.1. The van der Waals surface area contributed by atoms with E-state index in [-0.39, 0.29) is 25.7 Å². The van der Waals surface area contributed by atoms with Crippen LogP contribution in [0.25, 0.3) is 10.9 Å². The van der Waals surface area contributed by atoms with E-state index in [2.05, 4.69) is 16.5 Å². The van der Waals surface area contributed by atoms with Gasteiger partial charge in [0.1, 0.15) is 36.3 Å². The molecule has 59 heavy (non-hydrogen) atoms. The summed E-state index contributed by atoms with van der Waals surface area (Å²) in [6.45, 7) is 2.66. The second-order valence-corrected chi connectivity index (χ2v) is 11.9. The molecule has 1 aromatic carbocycles. The number of benzene rings is 1. The third kappa shape index (κ3) is 32.5. The smallest absolute Gasteiger partial charge is 0.323 e. The Labute approximate surface area is 335 Å². The SMILES string of the molecule is CC(O)C(N)C(=O)O.CC(O)C(N)C(=O)O.NC(=O)CC(N)C(=O)O.NC(=O)CC(N)C(=O)O.NC(=O)CCC(N)C(=O)O.NC(Cc1c[nH]c2ccccc12)C(=O)O. The van der Waals surface area contributed by atoms with Gasteiger partial charge in [0.05, 0.1) is 25.0 Å². The van der Waals surface area contributed by atoms with Crippen molar-refractivity contribution in [3.63, 3.8) is 0 Å². The Bertz CT molecular complexity index is 1600. The van der Waals surface area contributed by atoms with Crippen LogP contribution in [0.1, 0.15) is 45.1 Å². The molecule has 1 aromatic heterocycles. The molecular weight excluding hydrogens is 796 g/mol. The van der Waals surface area contributed by atoms with Gasteiger partial charge in [0.25, 0.3) is 0 Å². The molecule has 27 heteroatoms. The quantitative estimate of drug-likeness (QED) is 0.0704. The lowest BCUT2D eigenvalue weighted by Gasteiger charge is -2.07. The number of fused-ring (bicyclic) bond motifs is 1. The second-order valence-electron chi connectivity index (χ2n) is 11.9. The monoisotopic (exact) mass is 852 g/mol. The number of carbonyl (C=O) groups excluding carboxylic acids is 3. The highest BCUT2D eigenvalue weighted by molar-refractivity contribution is 5.85. The number of aliphatic hydroxyl groups is 2. The minimum Gasteiger partial charge on any atom is -0.480 e. The Balaban J connectivity index is -0.000000314. The van der Waals surface area contributed by atoms with Gasteiger partial charge in [-0.2, -0.15) is 0 Å². The van der Waals surface area contributed by atoms with Crippen molar-refractivity contribution in [2.45, 2.75) is 94.4 Å². The number of nitrogens with two attached hydrogens (primary N) is 9. The molecule has 8 atom stereocenters. The van der Waals surface area contributed by atoms with Crippen LogP contribution in [0.5, 0.6) is 0 Å². The summed E-state index contributed by atoms with van der Waals surface area (Å²) in [4.78, 5) is 93.3. The fourth-order valence-electron chi connectivity index (χ4n) is 3.07. The molecule has 0 radical (unpaired) electrons. The minimum absolute atomic E-state index is 0.0213. The zero-order valence-electron chi connectivity index (χ0n) is 32.0. The van der Waals surface area contributed by atoms with Crippen LogP contribution in [0.15, 0.2) is 30.5 Å². The summed E-state index contributed by atoms with van der Waals surface area (Å²) in [5.41, 5.74) is 46.2. The lowest BCUT2D eigenvalue weighted by Crippen LogP contribution is -2.39. The fourth-order valence-corrected chi connectivity index (χ4v) is 3.07. The van der Waals surface area contributed by atoms with Crippen molar-refractivity contribution < 1.29 is 84.0 Å². The number of hydrogen-bond acceptors (Lipinski definition) is 17. The van der Waals surface area contributed by atoms with Crippen LogP contribution in [0.2, 0.25) is 0 Å². The van der Waals surface area contributed by atoms with Gasteiger partial charge in [-0.1, -0.05) is 18.2 Å². The number of amides is 3. The molecule has 0 aliphatic carbocycles. The Hall–Kier alpha value is -6.33. The highest BCUT2D eigenvalue weighted by Crippen LogP contribution is 2.18. The molecule has 27 nitrogen and oxygen atoms in total. The van der Waals surface area contributed by atoms with Gasteiger partial charge in [-0.15, -0.1) is 0 Å². The highest BCUT2D eigenvalue weighted by Gasteiger charge is 2.18. The predicted octanol–water partition coefficient (Wildman–Crippen LogP) is -6.11. The summed E-state index contributed by atoms with van der Waals surface area (Å²) in [5.74, 6) is -8.81. The molecule has 336 valence electrons. The number of carboxylic acid groups (broad SMARTS) is 6. The number of carbonyl (C=O) groups is 9. The normalized spacial score (nSPS) is 13.9. The maximum absolute atomic E-state index is 10.6. The van der Waals surface area contributed by atoms with Gasteiger partial charge in [0, 0.05) is 29.9 Å². The molecule has 0 aliphatic rings.